The van der Waals surface area contributed by atoms with Gasteiger partial charge in [-0.25, -0.2) is 9.89 Å². The fourth-order valence-electron chi connectivity index (χ4n) is 2.06. The standard InChI is InChI=1S/C11H19N3O2S2/c1-2-14-9(15)12-13-10(14)18-8-11(7-17)3-5-16-6-4-11/h17H,2-8H2,1H3,(H,12,15). The first-order valence-electron chi connectivity index (χ1n) is 6.17. The fraction of sp³-hybridized carbons (Fsp3) is 0.818. The highest BCUT2D eigenvalue weighted by Crippen LogP contribution is 2.36. The molecule has 5 nitrogen and oxygen atoms in total. The molecule has 0 amide bonds. The zero-order chi connectivity index (χ0) is 13.0. The van der Waals surface area contributed by atoms with Gasteiger partial charge in [0.05, 0.1) is 0 Å². The van der Waals surface area contributed by atoms with Crippen LogP contribution in [0.5, 0.6) is 0 Å². The van der Waals surface area contributed by atoms with Crippen molar-refractivity contribution in [3.8, 4) is 0 Å². The van der Waals surface area contributed by atoms with Crippen molar-refractivity contribution < 1.29 is 4.74 Å². The van der Waals surface area contributed by atoms with E-state index in [4.69, 9.17) is 4.74 Å². The van der Waals surface area contributed by atoms with E-state index in [-0.39, 0.29) is 11.1 Å². The zero-order valence-corrected chi connectivity index (χ0v) is 12.2. The number of rotatable bonds is 5. The molecule has 0 aliphatic carbocycles. The van der Waals surface area contributed by atoms with Crippen molar-refractivity contribution >= 4 is 24.4 Å². The molecule has 0 saturated carbocycles. The molecule has 0 atom stereocenters. The Morgan fingerprint density at radius 3 is 2.89 bits per heavy atom. The van der Waals surface area contributed by atoms with Crippen LogP contribution in [0.15, 0.2) is 9.95 Å². The van der Waals surface area contributed by atoms with Gasteiger partial charge in [0, 0.05) is 25.5 Å². The third-order valence-corrected chi connectivity index (χ3v) is 5.43. The van der Waals surface area contributed by atoms with Crippen LogP contribution in [0.1, 0.15) is 19.8 Å². The van der Waals surface area contributed by atoms with Crippen LogP contribution >= 0.6 is 24.4 Å². The van der Waals surface area contributed by atoms with Crippen molar-refractivity contribution in [1.82, 2.24) is 14.8 Å². The van der Waals surface area contributed by atoms with E-state index < -0.39 is 0 Å². The molecule has 0 radical (unpaired) electrons. The lowest BCUT2D eigenvalue weighted by Crippen LogP contribution is -2.33. The van der Waals surface area contributed by atoms with E-state index in [1.165, 1.54) is 0 Å². The lowest BCUT2D eigenvalue weighted by atomic mass is 9.84. The minimum Gasteiger partial charge on any atom is -0.381 e. The SMILES string of the molecule is CCn1c(SCC2(CS)CCOCC2)n[nH]c1=O. The van der Waals surface area contributed by atoms with Gasteiger partial charge in [0.25, 0.3) is 0 Å². The number of aromatic amines is 1. The Balaban J connectivity index is 2.03. The summed E-state index contributed by atoms with van der Waals surface area (Å²) >= 11 is 6.12. The van der Waals surface area contributed by atoms with Crippen LogP contribution in [0.3, 0.4) is 0 Å². The molecule has 1 aromatic rings. The first-order valence-corrected chi connectivity index (χ1v) is 7.79. The van der Waals surface area contributed by atoms with Crippen molar-refractivity contribution in [2.75, 3.05) is 24.7 Å². The van der Waals surface area contributed by atoms with Crippen molar-refractivity contribution in [3.05, 3.63) is 10.5 Å². The Morgan fingerprint density at radius 1 is 1.56 bits per heavy atom. The maximum absolute atomic E-state index is 11.5. The van der Waals surface area contributed by atoms with Gasteiger partial charge in [-0.15, -0.1) is 5.10 Å². The topological polar surface area (TPSA) is 59.9 Å². The van der Waals surface area contributed by atoms with E-state index in [1.807, 2.05) is 6.92 Å². The lowest BCUT2D eigenvalue weighted by molar-refractivity contribution is 0.0370. The smallest absolute Gasteiger partial charge is 0.343 e. The van der Waals surface area contributed by atoms with Gasteiger partial charge in [0.1, 0.15) is 0 Å². The predicted octanol–water partition coefficient (Wildman–Crippen LogP) is 1.41. The number of ether oxygens (including phenoxy) is 1. The van der Waals surface area contributed by atoms with E-state index in [0.717, 1.165) is 42.7 Å². The molecule has 2 rings (SSSR count). The van der Waals surface area contributed by atoms with Gasteiger partial charge in [0.15, 0.2) is 5.16 Å². The highest BCUT2D eigenvalue weighted by atomic mass is 32.2. The Morgan fingerprint density at radius 2 is 2.28 bits per heavy atom. The summed E-state index contributed by atoms with van der Waals surface area (Å²) in [6.07, 6.45) is 2.06. The van der Waals surface area contributed by atoms with Crippen molar-refractivity contribution in [3.63, 3.8) is 0 Å². The van der Waals surface area contributed by atoms with Crippen molar-refractivity contribution in [1.29, 1.82) is 0 Å². The van der Waals surface area contributed by atoms with E-state index in [9.17, 15) is 4.79 Å². The number of H-pyrrole nitrogens is 1. The van der Waals surface area contributed by atoms with Crippen LogP contribution in [0, 0.1) is 5.41 Å². The number of nitrogens with zero attached hydrogens (tertiary/aromatic N) is 2. The number of thiol groups is 1. The number of hydrogen-bond acceptors (Lipinski definition) is 5. The van der Waals surface area contributed by atoms with Gasteiger partial charge >= 0.3 is 5.69 Å². The molecular weight excluding hydrogens is 270 g/mol. The summed E-state index contributed by atoms with van der Waals surface area (Å²) in [5.41, 5.74) is 0.0754. The first kappa shape index (κ1) is 14.0. The number of hydrogen-bond donors (Lipinski definition) is 2. The number of aromatic nitrogens is 3. The molecule has 1 aromatic heterocycles. The Bertz CT molecular complexity index is 438. The van der Waals surface area contributed by atoms with Gasteiger partial charge in [-0.2, -0.15) is 12.6 Å². The van der Waals surface area contributed by atoms with Gasteiger partial charge < -0.3 is 4.74 Å². The van der Waals surface area contributed by atoms with Crippen molar-refractivity contribution in [2.45, 2.75) is 31.5 Å². The van der Waals surface area contributed by atoms with Crippen LogP contribution in [0.4, 0.5) is 0 Å². The van der Waals surface area contributed by atoms with E-state index in [2.05, 4.69) is 22.8 Å². The van der Waals surface area contributed by atoms with Gasteiger partial charge in [0.2, 0.25) is 0 Å². The summed E-state index contributed by atoms with van der Waals surface area (Å²) in [5.74, 6) is 1.79. The highest BCUT2D eigenvalue weighted by molar-refractivity contribution is 7.99. The summed E-state index contributed by atoms with van der Waals surface area (Å²) in [4.78, 5) is 11.5. The van der Waals surface area contributed by atoms with Gasteiger partial charge in [-0.3, -0.25) is 4.57 Å². The molecule has 1 aliphatic rings. The first-order chi connectivity index (χ1) is 8.71. The Labute approximate surface area is 116 Å². The van der Waals surface area contributed by atoms with E-state index >= 15 is 0 Å². The molecule has 18 heavy (non-hydrogen) atoms. The summed E-state index contributed by atoms with van der Waals surface area (Å²) in [6, 6.07) is 0. The highest BCUT2D eigenvalue weighted by Gasteiger charge is 2.31. The molecular formula is C11H19N3O2S2. The molecule has 1 aliphatic heterocycles. The fourth-order valence-corrected chi connectivity index (χ4v) is 3.95. The second-order valence-electron chi connectivity index (χ2n) is 4.61. The van der Waals surface area contributed by atoms with Crippen LogP contribution in [-0.4, -0.2) is 39.5 Å². The molecule has 1 N–H and O–H groups in total. The summed E-state index contributed by atoms with van der Waals surface area (Å²) < 4.78 is 7.07. The van der Waals surface area contributed by atoms with Crippen LogP contribution in [-0.2, 0) is 11.3 Å². The van der Waals surface area contributed by atoms with Crippen LogP contribution < -0.4 is 5.69 Å². The second kappa shape index (κ2) is 6.16. The second-order valence-corrected chi connectivity index (χ2v) is 5.87. The third kappa shape index (κ3) is 2.95. The quantitative estimate of drug-likeness (QED) is 0.635. The van der Waals surface area contributed by atoms with Gasteiger partial charge in [-0.05, 0) is 30.9 Å². The Hall–Kier alpha value is -0.400. The molecule has 2 heterocycles. The average molecular weight is 289 g/mol. The summed E-state index contributed by atoms with van der Waals surface area (Å²) in [5, 5.41) is 7.34. The average Bonchev–Trinajstić information content (AvgIpc) is 2.78. The minimum atomic E-state index is -0.132. The molecule has 7 heteroatoms. The molecule has 0 unspecified atom stereocenters. The number of nitrogens with one attached hydrogen (secondary N) is 1. The Kier molecular flexibility index (Phi) is 4.80. The van der Waals surface area contributed by atoms with E-state index in [1.54, 1.807) is 16.3 Å². The summed E-state index contributed by atoms with van der Waals surface area (Å²) in [6.45, 7) is 4.21. The van der Waals surface area contributed by atoms with E-state index in [0.29, 0.717) is 6.54 Å². The molecule has 0 spiro atoms. The maximum atomic E-state index is 11.5. The number of thioether (sulfide) groups is 1. The monoisotopic (exact) mass is 289 g/mol. The predicted molar refractivity (Wildman–Crippen MR) is 75.6 cm³/mol. The van der Waals surface area contributed by atoms with Gasteiger partial charge in [-0.1, -0.05) is 11.8 Å². The maximum Gasteiger partial charge on any atom is 0.343 e. The molecule has 1 fully saturated rings. The molecule has 0 bridgehead atoms. The molecule has 102 valence electrons. The normalized spacial score (nSPS) is 19.0. The van der Waals surface area contributed by atoms with Crippen LogP contribution in [0.2, 0.25) is 0 Å². The summed E-state index contributed by atoms with van der Waals surface area (Å²) in [7, 11) is 0. The van der Waals surface area contributed by atoms with Crippen LogP contribution in [0.25, 0.3) is 0 Å². The largest absolute Gasteiger partial charge is 0.381 e. The molecule has 0 aromatic carbocycles. The third-order valence-electron chi connectivity index (χ3n) is 3.44. The lowest BCUT2D eigenvalue weighted by Gasteiger charge is -2.35. The van der Waals surface area contributed by atoms with Crippen molar-refractivity contribution in [2.24, 2.45) is 5.41 Å². The minimum absolute atomic E-state index is 0.132. The zero-order valence-electron chi connectivity index (χ0n) is 10.5. The molecule has 1 saturated heterocycles.